The first-order chi connectivity index (χ1) is 9.75. The van der Waals surface area contributed by atoms with E-state index in [-0.39, 0.29) is 12.1 Å². The van der Waals surface area contributed by atoms with E-state index in [1.807, 2.05) is 0 Å². The first kappa shape index (κ1) is 16.3. The van der Waals surface area contributed by atoms with Crippen molar-refractivity contribution >= 4 is 10.0 Å². The van der Waals surface area contributed by atoms with Gasteiger partial charge in [-0.15, -0.1) is 0 Å². The van der Waals surface area contributed by atoms with E-state index in [9.17, 15) is 21.6 Å². The van der Waals surface area contributed by atoms with Crippen LogP contribution in [0.5, 0.6) is 0 Å². The molecule has 0 aliphatic heterocycles. The molecule has 8 heteroatoms. The summed E-state index contributed by atoms with van der Waals surface area (Å²) in [7, 11) is -2.90. The van der Waals surface area contributed by atoms with Gasteiger partial charge in [-0.1, -0.05) is 0 Å². The van der Waals surface area contributed by atoms with E-state index in [0.717, 1.165) is 10.4 Å². The first-order valence-electron chi connectivity index (χ1n) is 6.62. The summed E-state index contributed by atoms with van der Waals surface area (Å²) < 4.78 is 65.6. The fourth-order valence-corrected chi connectivity index (χ4v) is 3.99. The molecule has 0 unspecified atom stereocenters. The highest BCUT2D eigenvalue weighted by molar-refractivity contribution is 7.89. The van der Waals surface area contributed by atoms with Crippen molar-refractivity contribution in [2.24, 2.45) is 5.73 Å². The highest BCUT2D eigenvalue weighted by atomic mass is 32.2. The zero-order chi connectivity index (χ0) is 15.8. The third kappa shape index (κ3) is 3.07. The van der Waals surface area contributed by atoms with Gasteiger partial charge in [0.05, 0.1) is 0 Å². The van der Waals surface area contributed by atoms with Crippen LogP contribution in [0.4, 0.5) is 13.2 Å². The summed E-state index contributed by atoms with van der Waals surface area (Å²) in [5, 5.41) is 0. The molecule has 0 radical (unpaired) electrons. The Labute approximate surface area is 121 Å². The topological polar surface area (TPSA) is 63.4 Å². The maximum atomic E-state index is 13.7. The summed E-state index contributed by atoms with van der Waals surface area (Å²) in [5.41, 5.74) is 5.76. The first-order valence-corrected chi connectivity index (χ1v) is 8.06. The van der Waals surface area contributed by atoms with Gasteiger partial charge >= 0.3 is 0 Å². The predicted molar refractivity (Wildman–Crippen MR) is 71.5 cm³/mol. The standard InChI is InChI=1S/C13H17F3N2O2S/c1-18(9-4-2-8(17)3-5-9)21(19,20)11-7-6-10(14)12(15)13(11)16/h6-9H,2-5,17H2,1H3. The van der Waals surface area contributed by atoms with Crippen LogP contribution in [0, 0.1) is 17.5 Å². The van der Waals surface area contributed by atoms with E-state index in [2.05, 4.69) is 0 Å². The summed E-state index contributed by atoms with van der Waals surface area (Å²) in [6.07, 6.45) is 2.46. The molecule has 0 aromatic heterocycles. The number of halogens is 3. The molecule has 1 aromatic rings. The summed E-state index contributed by atoms with van der Waals surface area (Å²) in [6, 6.07) is 1.07. The maximum absolute atomic E-state index is 13.7. The molecule has 1 aromatic carbocycles. The number of benzene rings is 1. The molecular weight excluding hydrogens is 305 g/mol. The monoisotopic (exact) mass is 322 g/mol. The Morgan fingerprint density at radius 2 is 1.67 bits per heavy atom. The average Bonchev–Trinajstić information content (AvgIpc) is 2.44. The van der Waals surface area contributed by atoms with Gasteiger partial charge in [-0.2, -0.15) is 4.31 Å². The van der Waals surface area contributed by atoms with Crippen molar-refractivity contribution in [3.05, 3.63) is 29.6 Å². The lowest BCUT2D eigenvalue weighted by molar-refractivity contribution is 0.267. The quantitative estimate of drug-likeness (QED) is 0.866. The van der Waals surface area contributed by atoms with Gasteiger partial charge in [0, 0.05) is 19.1 Å². The number of hydrogen-bond donors (Lipinski definition) is 1. The number of sulfonamides is 1. The van der Waals surface area contributed by atoms with E-state index in [1.54, 1.807) is 0 Å². The van der Waals surface area contributed by atoms with Crippen molar-refractivity contribution in [3.8, 4) is 0 Å². The second-order valence-corrected chi connectivity index (χ2v) is 7.23. The van der Waals surface area contributed by atoms with E-state index in [4.69, 9.17) is 5.73 Å². The van der Waals surface area contributed by atoms with Gasteiger partial charge in [0.25, 0.3) is 0 Å². The zero-order valence-corrected chi connectivity index (χ0v) is 12.3. The normalized spacial score (nSPS) is 23.5. The van der Waals surface area contributed by atoms with Crippen LogP contribution in [0.1, 0.15) is 25.7 Å². The summed E-state index contributed by atoms with van der Waals surface area (Å²) in [6.45, 7) is 0. The van der Waals surface area contributed by atoms with Gasteiger partial charge in [-0.05, 0) is 37.8 Å². The molecule has 0 spiro atoms. The Balaban J connectivity index is 2.32. The predicted octanol–water partition coefficient (Wildman–Crippen LogP) is 1.99. The average molecular weight is 322 g/mol. The molecule has 2 rings (SSSR count). The van der Waals surface area contributed by atoms with E-state index in [0.29, 0.717) is 31.7 Å². The van der Waals surface area contributed by atoms with Crippen molar-refractivity contribution in [2.45, 2.75) is 42.7 Å². The van der Waals surface area contributed by atoms with Gasteiger partial charge < -0.3 is 5.73 Å². The van der Waals surface area contributed by atoms with Crippen LogP contribution in [0.25, 0.3) is 0 Å². The van der Waals surface area contributed by atoms with Crippen LogP contribution in [-0.2, 0) is 10.0 Å². The molecule has 1 aliphatic rings. The minimum absolute atomic E-state index is 0.0392. The molecule has 0 amide bonds. The van der Waals surface area contributed by atoms with Crippen molar-refractivity contribution in [1.29, 1.82) is 0 Å². The Morgan fingerprint density at radius 3 is 2.24 bits per heavy atom. The lowest BCUT2D eigenvalue weighted by Crippen LogP contribution is -2.42. The lowest BCUT2D eigenvalue weighted by Gasteiger charge is -2.32. The van der Waals surface area contributed by atoms with E-state index in [1.165, 1.54) is 7.05 Å². The van der Waals surface area contributed by atoms with Gasteiger partial charge in [0.1, 0.15) is 4.90 Å². The van der Waals surface area contributed by atoms with Crippen LogP contribution < -0.4 is 5.73 Å². The number of hydrogen-bond acceptors (Lipinski definition) is 3. The third-order valence-corrected chi connectivity index (χ3v) is 5.84. The Morgan fingerprint density at radius 1 is 1.10 bits per heavy atom. The molecule has 1 fully saturated rings. The van der Waals surface area contributed by atoms with Gasteiger partial charge in [0.15, 0.2) is 17.5 Å². The van der Waals surface area contributed by atoms with Crippen LogP contribution in [-0.4, -0.2) is 31.9 Å². The van der Waals surface area contributed by atoms with E-state index < -0.39 is 32.4 Å². The maximum Gasteiger partial charge on any atom is 0.246 e. The zero-order valence-electron chi connectivity index (χ0n) is 11.5. The lowest BCUT2D eigenvalue weighted by atomic mass is 9.92. The highest BCUT2D eigenvalue weighted by Gasteiger charge is 2.33. The summed E-state index contributed by atoms with van der Waals surface area (Å²) >= 11 is 0. The second kappa shape index (κ2) is 5.94. The third-order valence-electron chi connectivity index (χ3n) is 3.91. The number of nitrogens with two attached hydrogens (primary N) is 1. The minimum atomic E-state index is -4.22. The van der Waals surface area contributed by atoms with Crippen LogP contribution in [0.2, 0.25) is 0 Å². The largest absolute Gasteiger partial charge is 0.328 e. The number of rotatable bonds is 3. The van der Waals surface area contributed by atoms with Crippen molar-refractivity contribution in [2.75, 3.05) is 7.05 Å². The molecule has 1 aliphatic carbocycles. The SMILES string of the molecule is CN(C1CCC(N)CC1)S(=O)(=O)c1ccc(F)c(F)c1F. The molecule has 0 saturated heterocycles. The molecule has 0 atom stereocenters. The Kier molecular flexibility index (Phi) is 4.60. The fraction of sp³-hybridized carbons (Fsp3) is 0.538. The molecule has 0 bridgehead atoms. The van der Waals surface area contributed by atoms with Crippen molar-refractivity contribution in [1.82, 2.24) is 4.31 Å². The molecule has 21 heavy (non-hydrogen) atoms. The van der Waals surface area contributed by atoms with Gasteiger partial charge in [-0.25, -0.2) is 21.6 Å². The summed E-state index contributed by atoms with van der Waals surface area (Å²) in [4.78, 5) is -0.848. The second-order valence-electron chi connectivity index (χ2n) is 5.26. The Hall–Kier alpha value is -1.12. The molecule has 2 N–H and O–H groups in total. The molecule has 4 nitrogen and oxygen atoms in total. The van der Waals surface area contributed by atoms with Crippen molar-refractivity contribution < 1.29 is 21.6 Å². The molecule has 118 valence electrons. The summed E-state index contributed by atoms with van der Waals surface area (Å²) in [5.74, 6) is -4.89. The smallest absolute Gasteiger partial charge is 0.246 e. The van der Waals surface area contributed by atoms with Crippen LogP contribution in [0.15, 0.2) is 17.0 Å². The van der Waals surface area contributed by atoms with Gasteiger partial charge in [0.2, 0.25) is 10.0 Å². The Bertz CT molecular complexity index is 629. The van der Waals surface area contributed by atoms with Crippen LogP contribution >= 0.6 is 0 Å². The minimum Gasteiger partial charge on any atom is -0.328 e. The molecular formula is C13H17F3N2O2S. The highest BCUT2D eigenvalue weighted by Crippen LogP contribution is 2.28. The van der Waals surface area contributed by atoms with Gasteiger partial charge in [-0.3, -0.25) is 0 Å². The van der Waals surface area contributed by atoms with Crippen molar-refractivity contribution in [3.63, 3.8) is 0 Å². The van der Waals surface area contributed by atoms with E-state index >= 15 is 0 Å². The molecule has 1 saturated carbocycles. The molecule has 0 heterocycles. The number of nitrogens with zero attached hydrogens (tertiary/aromatic N) is 1. The van der Waals surface area contributed by atoms with Crippen LogP contribution in [0.3, 0.4) is 0 Å². The fourth-order valence-electron chi connectivity index (χ4n) is 2.52.